The van der Waals surface area contributed by atoms with E-state index >= 15 is 0 Å². The van der Waals surface area contributed by atoms with Crippen LogP contribution in [0.25, 0.3) is 0 Å². The zero-order chi connectivity index (χ0) is 10.2. The van der Waals surface area contributed by atoms with E-state index in [-0.39, 0.29) is 6.61 Å². The van der Waals surface area contributed by atoms with Gasteiger partial charge in [0.1, 0.15) is 0 Å². The van der Waals surface area contributed by atoms with Crippen LogP contribution in [0.5, 0.6) is 0 Å². The van der Waals surface area contributed by atoms with Gasteiger partial charge in [-0.1, -0.05) is 13.0 Å². The summed E-state index contributed by atoms with van der Waals surface area (Å²) in [4.78, 5) is 6.30. The van der Waals surface area contributed by atoms with E-state index < -0.39 is 0 Å². The minimum Gasteiger partial charge on any atom is -0.395 e. The van der Waals surface area contributed by atoms with Crippen molar-refractivity contribution in [2.24, 2.45) is 0 Å². The number of rotatable bonds is 6. The Hall–Kier alpha value is -0.930. The number of likely N-dealkylation sites (N-methyl/N-ethyl adjacent to an activating group) is 1. The van der Waals surface area contributed by atoms with E-state index in [1.54, 1.807) is 6.20 Å². The summed E-state index contributed by atoms with van der Waals surface area (Å²) in [5.41, 5.74) is 1.25. The molecule has 0 saturated carbocycles. The lowest BCUT2D eigenvalue weighted by Crippen LogP contribution is -2.28. The normalized spacial score (nSPS) is 10.8. The highest BCUT2D eigenvalue weighted by Crippen LogP contribution is 1.99. The molecule has 78 valence electrons. The van der Waals surface area contributed by atoms with Crippen molar-refractivity contribution in [3.63, 3.8) is 0 Å². The Labute approximate surface area is 85.4 Å². The summed E-state index contributed by atoms with van der Waals surface area (Å²) in [6.45, 7) is 5.08. The molecule has 0 aliphatic rings. The Bertz CT molecular complexity index is 238. The molecular weight excluding hydrogens is 176 g/mol. The van der Waals surface area contributed by atoms with Gasteiger partial charge in [-0.05, 0) is 24.6 Å². The number of hydrogen-bond acceptors (Lipinski definition) is 3. The first-order valence-electron chi connectivity index (χ1n) is 5.09. The summed E-state index contributed by atoms with van der Waals surface area (Å²) < 4.78 is 0. The van der Waals surface area contributed by atoms with Gasteiger partial charge in [0.2, 0.25) is 0 Å². The lowest BCUT2D eigenvalue weighted by Gasteiger charge is -2.18. The van der Waals surface area contributed by atoms with Crippen LogP contribution >= 0.6 is 0 Å². The minimum atomic E-state index is 0.237. The lowest BCUT2D eigenvalue weighted by atomic mass is 10.2. The van der Waals surface area contributed by atoms with Crippen LogP contribution in [-0.4, -0.2) is 41.2 Å². The SMILES string of the molecule is CCN(CCO)CCc1cccnc1. The molecule has 1 aromatic heterocycles. The molecule has 1 aromatic rings. The van der Waals surface area contributed by atoms with Crippen LogP contribution < -0.4 is 0 Å². The van der Waals surface area contributed by atoms with Gasteiger partial charge in [-0.25, -0.2) is 0 Å². The molecule has 0 atom stereocenters. The molecule has 0 unspecified atom stereocenters. The maximum atomic E-state index is 8.81. The molecule has 1 rings (SSSR count). The molecule has 0 aliphatic heterocycles. The van der Waals surface area contributed by atoms with Crippen molar-refractivity contribution in [3.05, 3.63) is 30.1 Å². The van der Waals surface area contributed by atoms with E-state index in [1.807, 2.05) is 12.3 Å². The van der Waals surface area contributed by atoms with Crippen molar-refractivity contribution in [1.29, 1.82) is 0 Å². The van der Waals surface area contributed by atoms with Crippen LogP contribution in [0.2, 0.25) is 0 Å². The van der Waals surface area contributed by atoms with Gasteiger partial charge in [-0.3, -0.25) is 4.98 Å². The average Bonchev–Trinajstić information content (AvgIpc) is 2.25. The largest absolute Gasteiger partial charge is 0.395 e. The summed E-state index contributed by atoms with van der Waals surface area (Å²) in [6, 6.07) is 4.04. The quantitative estimate of drug-likeness (QED) is 0.732. The molecular formula is C11H18N2O. The monoisotopic (exact) mass is 194 g/mol. The van der Waals surface area contributed by atoms with Gasteiger partial charge in [0, 0.05) is 25.5 Å². The number of nitrogens with zero attached hydrogens (tertiary/aromatic N) is 2. The Morgan fingerprint density at radius 3 is 2.86 bits per heavy atom. The number of pyridine rings is 1. The maximum absolute atomic E-state index is 8.81. The Morgan fingerprint density at radius 2 is 2.29 bits per heavy atom. The zero-order valence-electron chi connectivity index (χ0n) is 8.69. The number of aromatic nitrogens is 1. The summed E-state index contributed by atoms with van der Waals surface area (Å²) >= 11 is 0. The topological polar surface area (TPSA) is 36.4 Å². The second-order valence-electron chi connectivity index (χ2n) is 3.27. The maximum Gasteiger partial charge on any atom is 0.0558 e. The van der Waals surface area contributed by atoms with Crippen molar-refractivity contribution >= 4 is 0 Å². The molecule has 0 radical (unpaired) electrons. The van der Waals surface area contributed by atoms with Gasteiger partial charge < -0.3 is 10.0 Å². The molecule has 0 amide bonds. The van der Waals surface area contributed by atoms with Gasteiger partial charge in [0.15, 0.2) is 0 Å². The number of hydrogen-bond donors (Lipinski definition) is 1. The first-order valence-corrected chi connectivity index (χ1v) is 5.09. The Balaban J connectivity index is 2.32. The van der Waals surface area contributed by atoms with Crippen molar-refractivity contribution in [1.82, 2.24) is 9.88 Å². The van der Waals surface area contributed by atoms with Gasteiger partial charge in [0.05, 0.1) is 6.61 Å². The molecule has 0 fully saturated rings. The molecule has 0 aromatic carbocycles. The second-order valence-corrected chi connectivity index (χ2v) is 3.27. The van der Waals surface area contributed by atoms with Gasteiger partial charge in [-0.2, -0.15) is 0 Å². The van der Waals surface area contributed by atoms with Crippen LogP contribution in [0.3, 0.4) is 0 Å². The van der Waals surface area contributed by atoms with E-state index in [4.69, 9.17) is 5.11 Å². The highest BCUT2D eigenvalue weighted by Gasteiger charge is 2.01. The fourth-order valence-electron chi connectivity index (χ4n) is 1.40. The van der Waals surface area contributed by atoms with Crippen molar-refractivity contribution in [3.8, 4) is 0 Å². The molecule has 3 nitrogen and oxygen atoms in total. The molecule has 1 N–H and O–H groups in total. The van der Waals surface area contributed by atoms with Crippen LogP contribution in [0.1, 0.15) is 12.5 Å². The standard InChI is InChI=1S/C11H18N2O/c1-2-13(8-9-14)7-5-11-4-3-6-12-10-11/h3-4,6,10,14H,2,5,7-9H2,1H3. The third-order valence-electron chi connectivity index (χ3n) is 2.30. The summed E-state index contributed by atoms with van der Waals surface area (Å²) in [5.74, 6) is 0. The predicted molar refractivity (Wildman–Crippen MR) is 57.1 cm³/mol. The molecule has 3 heteroatoms. The van der Waals surface area contributed by atoms with E-state index in [9.17, 15) is 0 Å². The first-order chi connectivity index (χ1) is 6.86. The lowest BCUT2D eigenvalue weighted by molar-refractivity contribution is 0.203. The van der Waals surface area contributed by atoms with Crippen LogP contribution in [-0.2, 0) is 6.42 Å². The van der Waals surface area contributed by atoms with E-state index in [2.05, 4.69) is 22.9 Å². The average molecular weight is 194 g/mol. The zero-order valence-corrected chi connectivity index (χ0v) is 8.69. The molecule has 14 heavy (non-hydrogen) atoms. The molecule has 0 bridgehead atoms. The van der Waals surface area contributed by atoms with Crippen LogP contribution in [0.4, 0.5) is 0 Å². The third kappa shape index (κ3) is 3.85. The fourth-order valence-corrected chi connectivity index (χ4v) is 1.40. The van der Waals surface area contributed by atoms with Gasteiger partial charge in [-0.15, -0.1) is 0 Å². The van der Waals surface area contributed by atoms with Crippen LogP contribution in [0.15, 0.2) is 24.5 Å². The number of aliphatic hydroxyl groups is 1. The highest BCUT2D eigenvalue weighted by molar-refractivity contribution is 5.08. The van der Waals surface area contributed by atoms with E-state index in [0.29, 0.717) is 0 Å². The summed E-state index contributed by atoms with van der Waals surface area (Å²) in [7, 11) is 0. The van der Waals surface area contributed by atoms with E-state index in [1.165, 1.54) is 5.56 Å². The number of aliphatic hydroxyl groups excluding tert-OH is 1. The fraction of sp³-hybridized carbons (Fsp3) is 0.545. The second kappa shape index (κ2) is 6.51. The highest BCUT2D eigenvalue weighted by atomic mass is 16.3. The predicted octanol–water partition coefficient (Wildman–Crippen LogP) is 0.938. The van der Waals surface area contributed by atoms with Crippen LogP contribution in [0, 0.1) is 0 Å². The van der Waals surface area contributed by atoms with Crippen molar-refractivity contribution < 1.29 is 5.11 Å². The van der Waals surface area contributed by atoms with Crippen molar-refractivity contribution in [2.75, 3.05) is 26.2 Å². The molecule has 1 heterocycles. The van der Waals surface area contributed by atoms with E-state index in [0.717, 1.165) is 26.1 Å². The smallest absolute Gasteiger partial charge is 0.0558 e. The molecule has 0 aliphatic carbocycles. The van der Waals surface area contributed by atoms with Gasteiger partial charge in [0.25, 0.3) is 0 Å². The Kier molecular flexibility index (Phi) is 5.19. The molecule has 0 spiro atoms. The van der Waals surface area contributed by atoms with Crippen molar-refractivity contribution in [2.45, 2.75) is 13.3 Å². The first kappa shape index (κ1) is 11.1. The molecule has 0 saturated heterocycles. The Morgan fingerprint density at radius 1 is 1.43 bits per heavy atom. The summed E-state index contributed by atoms with van der Waals surface area (Å²) in [6.07, 6.45) is 4.68. The third-order valence-corrected chi connectivity index (χ3v) is 2.30. The summed E-state index contributed by atoms with van der Waals surface area (Å²) in [5, 5.41) is 8.81. The van der Waals surface area contributed by atoms with Gasteiger partial charge >= 0.3 is 0 Å². The minimum absolute atomic E-state index is 0.237.